The van der Waals surface area contributed by atoms with E-state index in [0.717, 1.165) is 51.3 Å². The number of nitrogens with zero attached hydrogens (tertiary/aromatic N) is 5. The van der Waals surface area contributed by atoms with Crippen molar-refractivity contribution >= 4 is 11.8 Å². The molecule has 0 N–H and O–H groups in total. The van der Waals surface area contributed by atoms with Gasteiger partial charge in [-0.05, 0) is 33.4 Å². The van der Waals surface area contributed by atoms with Gasteiger partial charge in [-0.25, -0.2) is 4.98 Å². The molecule has 138 valence electrons. The first-order valence-corrected chi connectivity index (χ1v) is 9.26. The lowest BCUT2D eigenvalue weighted by Gasteiger charge is -2.33. The fraction of sp³-hybridized carbons (Fsp3) is 0.722. The molecule has 0 spiro atoms. The molecule has 0 radical (unpaired) electrons. The lowest BCUT2D eigenvalue weighted by atomic mass is 9.97. The van der Waals surface area contributed by atoms with Crippen molar-refractivity contribution in [2.24, 2.45) is 0 Å². The Kier molecular flexibility index (Phi) is 5.73. The molecule has 3 rings (SSSR count). The second-order valence-corrected chi connectivity index (χ2v) is 7.38. The zero-order chi connectivity index (χ0) is 17.8. The maximum Gasteiger partial charge on any atom is 0.242 e. The highest BCUT2D eigenvalue weighted by atomic mass is 16.2. The lowest BCUT2D eigenvalue weighted by Crippen LogP contribution is -2.45. The zero-order valence-corrected chi connectivity index (χ0v) is 15.4. The first-order chi connectivity index (χ1) is 12.0. The van der Waals surface area contributed by atoms with Crippen LogP contribution >= 0.6 is 0 Å². The number of hydrogen-bond acceptors (Lipinski definition) is 4. The van der Waals surface area contributed by atoms with Crippen molar-refractivity contribution in [2.75, 3.05) is 46.8 Å². The SMILES string of the molecule is CN(C)CCn1ccnc1[C@H]1CCCN(C(=O)CN2CCCC2=O)C1. The van der Waals surface area contributed by atoms with Crippen molar-refractivity contribution in [1.29, 1.82) is 0 Å². The van der Waals surface area contributed by atoms with Gasteiger partial charge in [0.25, 0.3) is 0 Å². The summed E-state index contributed by atoms with van der Waals surface area (Å²) < 4.78 is 2.21. The van der Waals surface area contributed by atoms with Crippen LogP contribution in [-0.2, 0) is 16.1 Å². The molecule has 0 saturated carbocycles. The first kappa shape index (κ1) is 17.9. The number of aromatic nitrogens is 2. The van der Waals surface area contributed by atoms with E-state index in [1.807, 2.05) is 17.3 Å². The van der Waals surface area contributed by atoms with Crippen LogP contribution in [0.4, 0.5) is 0 Å². The van der Waals surface area contributed by atoms with E-state index in [9.17, 15) is 9.59 Å². The Balaban J connectivity index is 1.60. The van der Waals surface area contributed by atoms with Crippen LogP contribution in [0, 0.1) is 0 Å². The van der Waals surface area contributed by atoms with Crippen LogP contribution in [0.3, 0.4) is 0 Å². The summed E-state index contributed by atoms with van der Waals surface area (Å²) in [6, 6.07) is 0. The number of likely N-dealkylation sites (tertiary alicyclic amines) is 2. The minimum atomic E-state index is 0.0753. The number of carbonyl (C=O) groups excluding carboxylic acids is 2. The van der Waals surface area contributed by atoms with Crippen LogP contribution in [0.2, 0.25) is 0 Å². The first-order valence-electron chi connectivity index (χ1n) is 9.26. The molecule has 1 aromatic rings. The van der Waals surface area contributed by atoms with Crippen molar-refractivity contribution in [3.8, 4) is 0 Å². The molecule has 0 aliphatic carbocycles. The molecule has 0 bridgehead atoms. The topological polar surface area (TPSA) is 61.7 Å². The smallest absolute Gasteiger partial charge is 0.242 e. The van der Waals surface area contributed by atoms with E-state index in [2.05, 4.69) is 28.5 Å². The number of likely N-dealkylation sites (N-methyl/N-ethyl adjacent to an activating group) is 1. The summed E-state index contributed by atoms with van der Waals surface area (Å²) in [4.78, 5) is 34.7. The van der Waals surface area contributed by atoms with Crippen molar-refractivity contribution in [2.45, 2.75) is 38.1 Å². The van der Waals surface area contributed by atoms with Gasteiger partial charge in [0.05, 0.1) is 6.54 Å². The molecular weight excluding hydrogens is 318 g/mol. The Hall–Kier alpha value is -1.89. The molecule has 2 aliphatic heterocycles. The van der Waals surface area contributed by atoms with Gasteiger partial charge in [0.1, 0.15) is 5.82 Å². The lowest BCUT2D eigenvalue weighted by molar-refractivity contribution is -0.139. The number of amides is 2. The summed E-state index contributed by atoms with van der Waals surface area (Å²) in [7, 11) is 4.13. The van der Waals surface area contributed by atoms with Crippen LogP contribution in [0.1, 0.15) is 37.4 Å². The van der Waals surface area contributed by atoms with Gasteiger partial charge in [-0.1, -0.05) is 0 Å². The molecule has 2 amide bonds. The van der Waals surface area contributed by atoms with E-state index in [1.54, 1.807) is 4.90 Å². The summed E-state index contributed by atoms with van der Waals surface area (Å²) in [5.41, 5.74) is 0. The van der Waals surface area contributed by atoms with E-state index in [0.29, 0.717) is 13.0 Å². The number of hydrogen-bond donors (Lipinski definition) is 0. The number of piperidine rings is 1. The summed E-state index contributed by atoms with van der Waals surface area (Å²) >= 11 is 0. The monoisotopic (exact) mass is 347 g/mol. The summed E-state index contributed by atoms with van der Waals surface area (Å²) in [6.45, 7) is 4.33. The highest BCUT2D eigenvalue weighted by molar-refractivity contribution is 5.86. The van der Waals surface area contributed by atoms with Gasteiger partial charge in [0.15, 0.2) is 0 Å². The minimum absolute atomic E-state index is 0.0753. The van der Waals surface area contributed by atoms with Crippen LogP contribution in [-0.4, -0.2) is 82.9 Å². The Labute approximate surface area is 149 Å². The molecule has 25 heavy (non-hydrogen) atoms. The molecule has 0 unspecified atom stereocenters. The Bertz CT molecular complexity index is 612. The molecule has 2 aliphatic rings. The van der Waals surface area contributed by atoms with Crippen molar-refractivity contribution < 1.29 is 9.59 Å². The molecule has 0 aromatic carbocycles. The fourth-order valence-electron chi connectivity index (χ4n) is 3.73. The standard InChI is InChI=1S/C18H29N5O2/c1-20(2)11-12-21-10-7-19-18(21)15-5-3-8-22(13-15)17(25)14-23-9-4-6-16(23)24/h7,10,15H,3-6,8-9,11-14H2,1-2H3/t15-/m0/s1. The Morgan fingerprint density at radius 3 is 2.88 bits per heavy atom. The molecule has 1 atom stereocenters. The highest BCUT2D eigenvalue weighted by Crippen LogP contribution is 2.26. The number of rotatable bonds is 6. The summed E-state index contributed by atoms with van der Waals surface area (Å²) in [6.07, 6.45) is 7.39. The third kappa shape index (κ3) is 4.39. The van der Waals surface area contributed by atoms with Crippen LogP contribution in [0.15, 0.2) is 12.4 Å². The number of imidazole rings is 1. The van der Waals surface area contributed by atoms with Crippen molar-refractivity contribution in [1.82, 2.24) is 24.3 Å². The minimum Gasteiger partial charge on any atom is -0.340 e. The fourth-order valence-corrected chi connectivity index (χ4v) is 3.73. The normalized spacial score (nSPS) is 21.4. The molecule has 3 heterocycles. The van der Waals surface area contributed by atoms with Gasteiger partial charge in [-0.2, -0.15) is 0 Å². The second kappa shape index (κ2) is 7.99. The molecule has 2 fully saturated rings. The molecular formula is C18H29N5O2. The second-order valence-electron chi connectivity index (χ2n) is 7.38. The Morgan fingerprint density at radius 2 is 2.16 bits per heavy atom. The summed E-state index contributed by atoms with van der Waals surface area (Å²) in [5.74, 6) is 1.55. The Morgan fingerprint density at radius 1 is 1.32 bits per heavy atom. The van der Waals surface area contributed by atoms with Gasteiger partial charge in [0, 0.05) is 57.5 Å². The molecule has 2 saturated heterocycles. The van der Waals surface area contributed by atoms with Gasteiger partial charge >= 0.3 is 0 Å². The quantitative estimate of drug-likeness (QED) is 0.763. The van der Waals surface area contributed by atoms with Gasteiger partial charge < -0.3 is 19.3 Å². The average molecular weight is 347 g/mol. The largest absolute Gasteiger partial charge is 0.340 e. The third-order valence-electron chi connectivity index (χ3n) is 5.17. The van der Waals surface area contributed by atoms with Gasteiger partial charge in [-0.3, -0.25) is 9.59 Å². The average Bonchev–Trinajstić information content (AvgIpc) is 3.22. The third-order valence-corrected chi connectivity index (χ3v) is 5.17. The van der Waals surface area contributed by atoms with E-state index >= 15 is 0 Å². The predicted octanol–water partition coefficient (Wildman–Crippen LogP) is 0.773. The van der Waals surface area contributed by atoms with Crippen LogP contribution in [0.25, 0.3) is 0 Å². The highest BCUT2D eigenvalue weighted by Gasteiger charge is 2.30. The maximum atomic E-state index is 12.6. The van der Waals surface area contributed by atoms with Crippen molar-refractivity contribution in [3.05, 3.63) is 18.2 Å². The van der Waals surface area contributed by atoms with E-state index in [4.69, 9.17) is 0 Å². The maximum absolute atomic E-state index is 12.6. The van der Waals surface area contributed by atoms with E-state index in [-0.39, 0.29) is 24.3 Å². The van der Waals surface area contributed by atoms with E-state index in [1.165, 1.54) is 0 Å². The number of carbonyl (C=O) groups is 2. The van der Waals surface area contributed by atoms with Crippen LogP contribution < -0.4 is 0 Å². The van der Waals surface area contributed by atoms with Gasteiger partial charge in [-0.15, -0.1) is 0 Å². The molecule has 7 nitrogen and oxygen atoms in total. The predicted molar refractivity (Wildman–Crippen MR) is 95.2 cm³/mol. The van der Waals surface area contributed by atoms with Crippen LogP contribution in [0.5, 0.6) is 0 Å². The molecule has 1 aromatic heterocycles. The van der Waals surface area contributed by atoms with E-state index < -0.39 is 0 Å². The summed E-state index contributed by atoms with van der Waals surface area (Å²) in [5, 5.41) is 0. The zero-order valence-electron chi connectivity index (χ0n) is 15.4. The molecule has 7 heteroatoms. The van der Waals surface area contributed by atoms with Crippen molar-refractivity contribution in [3.63, 3.8) is 0 Å². The van der Waals surface area contributed by atoms with Gasteiger partial charge in [0.2, 0.25) is 11.8 Å².